The summed E-state index contributed by atoms with van der Waals surface area (Å²) >= 11 is 0. The van der Waals surface area contributed by atoms with Gasteiger partial charge in [-0.15, -0.1) is 10.2 Å². The van der Waals surface area contributed by atoms with Crippen molar-refractivity contribution in [2.45, 2.75) is 25.4 Å². The summed E-state index contributed by atoms with van der Waals surface area (Å²) in [6, 6.07) is 9.94. The molecule has 152 valence electrons. The van der Waals surface area contributed by atoms with Crippen LogP contribution >= 0.6 is 0 Å². The highest BCUT2D eigenvalue weighted by Gasteiger charge is 2.23. The normalized spacial score (nSPS) is 18.6. The Balaban J connectivity index is 1.12. The Morgan fingerprint density at radius 1 is 1.03 bits per heavy atom. The highest BCUT2D eigenvalue weighted by Crippen LogP contribution is 2.33. The van der Waals surface area contributed by atoms with Crippen molar-refractivity contribution >= 4 is 17.7 Å². The molecular weight excluding hydrogens is 372 g/mol. The molecule has 9 nitrogen and oxygen atoms in total. The number of ether oxygens (including phenoxy) is 2. The maximum Gasteiger partial charge on any atom is 0.320 e. The maximum absolute atomic E-state index is 11.8. The summed E-state index contributed by atoms with van der Waals surface area (Å²) in [5, 5.41) is 14.0. The van der Waals surface area contributed by atoms with E-state index < -0.39 is 0 Å². The first-order valence-corrected chi connectivity index (χ1v) is 10.00. The molecule has 1 aliphatic carbocycles. The van der Waals surface area contributed by atoms with Crippen LogP contribution in [0.2, 0.25) is 0 Å². The Hall–Kier alpha value is -3.07. The molecule has 0 bridgehead atoms. The summed E-state index contributed by atoms with van der Waals surface area (Å²) in [5.74, 6) is 2.95. The first kappa shape index (κ1) is 18.0. The lowest BCUT2D eigenvalue weighted by atomic mass is 10.1. The van der Waals surface area contributed by atoms with Gasteiger partial charge in [0, 0.05) is 38.8 Å². The van der Waals surface area contributed by atoms with Crippen LogP contribution < -0.4 is 25.0 Å². The third-order valence-electron chi connectivity index (χ3n) is 5.34. The van der Waals surface area contributed by atoms with Gasteiger partial charge in [-0.1, -0.05) is 6.07 Å². The average Bonchev–Trinajstić information content (AvgIpc) is 3.42. The second-order valence-corrected chi connectivity index (χ2v) is 7.60. The van der Waals surface area contributed by atoms with E-state index in [1.54, 1.807) is 6.07 Å². The van der Waals surface area contributed by atoms with E-state index in [0.29, 0.717) is 18.7 Å². The van der Waals surface area contributed by atoms with Crippen LogP contribution in [0.5, 0.6) is 11.5 Å². The van der Waals surface area contributed by atoms with Crippen LogP contribution in [0.1, 0.15) is 18.4 Å². The molecule has 2 aromatic rings. The van der Waals surface area contributed by atoms with E-state index in [1.807, 2.05) is 12.1 Å². The van der Waals surface area contributed by atoms with Gasteiger partial charge in [0.05, 0.1) is 0 Å². The minimum absolute atomic E-state index is 0.216. The number of amides is 2. The molecule has 1 saturated heterocycles. The van der Waals surface area contributed by atoms with E-state index in [9.17, 15) is 4.79 Å². The van der Waals surface area contributed by atoms with E-state index in [-0.39, 0.29) is 6.03 Å². The minimum atomic E-state index is -0.216. The first-order valence-electron chi connectivity index (χ1n) is 10.00. The van der Waals surface area contributed by atoms with Crippen molar-refractivity contribution in [2.24, 2.45) is 0 Å². The highest BCUT2D eigenvalue weighted by atomic mass is 16.7. The van der Waals surface area contributed by atoms with Crippen LogP contribution in [0.4, 0.5) is 16.4 Å². The van der Waals surface area contributed by atoms with Gasteiger partial charge in [-0.3, -0.25) is 10.2 Å². The molecule has 1 aromatic carbocycles. The number of hydrogen-bond acceptors (Lipinski definition) is 7. The van der Waals surface area contributed by atoms with E-state index in [2.05, 4.69) is 42.8 Å². The van der Waals surface area contributed by atoms with Gasteiger partial charge in [0.15, 0.2) is 23.1 Å². The second-order valence-electron chi connectivity index (χ2n) is 7.60. The summed E-state index contributed by atoms with van der Waals surface area (Å²) in [6.07, 6.45) is 2.11. The number of rotatable bonds is 5. The number of benzene rings is 1. The van der Waals surface area contributed by atoms with Crippen molar-refractivity contribution in [3.05, 3.63) is 35.9 Å². The predicted octanol–water partition coefficient (Wildman–Crippen LogP) is 1.81. The molecule has 2 amide bonds. The summed E-state index contributed by atoms with van der Waals surface area (Å²) in [6.45, 7) is 4.84. The fourth-order valence-corrected chi connectivity index (χ4v) is 3.56. The number of piperazine rings is 1. The Morgan fingerprint density at radius 2 is 1.86 bits per heavy atom. The molecule has 0 unspecified atom stereocenters. The van der Waals surface area contributed by atoms with Crippen molar-refractivity contribution in [2.75, 3.05) is 43.2 Å². The molecule has 3 aliphatic rings. The fourth-order valence-electron chi connectivity index (χ4n) is 3.56. The van der Waals surface area contributed by atoms with Gasteiger partial charge in [-0.25, -0.2) is 4.79 Å². The van der Waals surface area contributed by atoms with E-state index in [1.165, 1.54) is 5.56 Å². The molecule has 0 atom stereocenters. The number of aromatic nitrogens is 2. The number of carbonyl (C=O) groups is 1. The lowest BCUT2D eigenvalue weighted by molar-refractivity contribution is 0.174. The van der Waals surface area contributed by atoms with Gasteiger partial charge in [-0.2, -0.15) is 0 Å². The van der Waals surface area contributed by atoms with E-state index in [0.717, 1.165) is 62.9 Å². The smallest absolute Gasteiger partial charge is 0.320 e. The molecule has 1 aromatic heterocycles. The van der Waals surface area contributed by atoms with Crippen LogP contribution in [0.3, 0.4) is 0 Å². The van der Waals surface area contributed by atoms with E-state index in [4.69, 9.17) is 9.47 Å². The van der Waals surface area contributed by atoms with Gasteiger partial charge in [0.2, 0.25) is 6.79 Å². The van der Waals surface area contributed by atoms with Crippen molar-refractivity contribution < 1.29 is 14.3 Å². The quantitative estimate of drug-likeness (QED) is 0.796. The van der Waals surface area contributed by atoms with Gasteiger partial charge < -0.3 is 19.7 Å². The van der Waals surface area contributed by atoms with Crippen LogP contribution in [0.25, 0.3) is 0 Å². The van der Waals surface area contributed by atoms with Crippen LogP contribution in [0, 0.1) is 0 Å². The predicted molar refractivity (Wildman–Crippen MR) is 107 cm³/mol. The lowest BCUT2D eigenvalue weighted by Crippen LogP contribution is -2.46. The minimum Gasteiger partial charge on any atom is -0.454 e. The fraction of sp³-hybridized carbons (Fsp3) is 0.450. The molecule has 29 heavy (non-hydrogen) atoms. The molecule has 9 heteroatoms. The number of nitrogens with zero attached hydrogens (tertiary/aromatic N) is 4. The summed E-state index contributed by atoms with van der Waals surface area (Å²) in [4.78, 5) is 16.4. The monoisotopic (exact) mass is 396 g/mol. The Morgan fingerprint density at radius 3 is 2.62 bits per heavy atom. The number of hydrogen-bond donors (Lipinski definition) is 2. The van der Waals surface area contributed by atoms with E-state index >= 15 is 0 Å². The van der Waals surface area contributed by atoms with Gasteiger partial charge in [0.1, 0.15) is 0 Å². The van der Waals surface area contributed by atoms with Gasteiger partial charge >= 0.3 is 6.03 Å². The average molecular weight is 396 g/mol. The molecule has 3 heterocycles. The first-order chi connectivity index (χ1) is 14.2. The van der Waals surface area contributed by atoms with Crippen molar-refractivity contribution in [3.8, 4) is 11.5 Å². The Bertz CT molecular complexity index is 878. The van der Waals surface area contributed by atoms with Crippen LogP contribution in [-0.4, -0.2) is 60.1 Å². The molecule has 2 fully saturated rings. The third kappa shape index (κ3) is 4.34. The van der Waals surface area contributed by atoms with Crippen molar-refractivity contribution in [1.82, 2.24) is 20.4 Å². The number of urea groups is 1. The molecule has 0 radical (unpaired) electrons. The van der Waals surface area contributed by atoms with Gasteiger partial charge in [0.25, 0.3) is 0 Å². The van der Waals surface area contributed by atoms with Crippen LogP contribution in [-0.2, 0) is 6.54 Å². The summed E-state index contributed by atoms with van der Waals surface area (Å²) < 4.78 is 10.8. The Labute approximate surface area is 169 Å². The zero-order valence-corrected chi connectivity index (χ0v) is 16.1. The number of fused-ring (bicyclic) bond motifs is 1. The second kappa shape index (κ2) is 7.75. The number of carbonyl (C=O) groups excluding carboxylic acids is 1. The molecule has 1 saturated carbocycles. The topological polar surface area (TPSA) is 91.9 Å². The SMILES string of the molecule is O=C(Nc1ccc(N2CCN(Cc3ccc4c(c3)OCO4)CC2)nn1)NC1CC1. The standard InChI is InChI=1S/C20H24N6O3/c27-20(21-15-2-3-15)22-18-5-6-19(24-23-18)26-9-7-25(8-10-26)12-14-1-4-16-17(11-14)29-13-28-16/h1,4-6,11,15H,2-3,7-10,12-13H2,(H2,21,22,23,27). The number of nitrogens with one attached hydrogen (secondary N) is 2. The Kier molecular flexibility index (Phi) is 4.81. The zero-order chi connectivity index (χ0) is 19.6. The molecule has 5 rings (SSSR count). The van der Waals surface area contributed by atoms with Gasteiger partial charge in [-0.05, 0) is 42.7 Å². The maximum atomic E-state index is 11.8. The third-order valence-corrected chi connectivity index (χ3v) is 5.34. The zero-order valence-electron chi connectivity index (χ0n) is 16.1. The summed E-state index contributed by atoms with van der Waals surface area (Å²) in [7, 11) is 0. The lowest BCUT2D eigenvalue weighted by Gasteiger charge is -2.35. The largest absolute Gasteiger partial charge is 0.454 e. The van der Waals surface area contributed by atoms with Crippen molar-refractivity contribution in [3.63, 3.8) is 0 Å². The summed E-state index contributed by atoms with van der Waals surface area (Å²) in [5.41, 5.74) is 1.22. The molecule has 0 spiro atoms. The van der Waals surface area contributed by atoms with Crippen LogP contribution in [0.15, 0.2) is 30.3 Å². The van der Waals surface area contributed by atoms with Crippen molar-refractivity contribution in [1.29, 1.82) is 0 Å². The molecule has 2 N–H and O–H groups in total. The molecular formula is C20H24N6O3. The molecule has 2 aliphatic heterocycles. The number of anilines is 2. The highest BCUT2D eigenvalue weighted by molar-refractivity contribution is 5.88.